The van der Waals surface area contributed by atoms with Gasteiger partial charge in [-0.1, -0.05) is 26.0 Å². The Hall–Kier alpha value is -3.30. The van der Waals surface area contributed by atoms with Gasteiger partial charge in [0.25, 0.3) is 0 Å². The van der Waals surface area contributed by atoms with Crippen LogP contribution in [-0.4, -0.2) is 154 Å². The summed E-state index contributed by atoms with van der Waals surface area (Å²) in [6, 6.07) is 7.74. The van der Waals surface area contributed by atoms with Gasteiger partial charge in [0.05, 0.1) is 54.9 Å². The fourth-order valence-corrected chi connectivity index (χ4v) is 11.4. The molecular weight excluding hydrogens is 869 g/mol. The van der Waals surface area contributed by atoms with Gasteiger partial charge in [0.1, 0.15) is 58.9 Å². The molecule has 11 atom stereocenters. The monoisotopic (exact) mass is 918 g/mol. The molecule has 0 amide bonds. The van der Waals surface area contributed by atoms with Gasteiger partial charge in [-0.05, 0) is 41.9 Å². The van der Waals surface area contributed by atoms with Crippen molar-refractivity contribution in [3.05, 3.63) is 29.8 Å². The Bertz CT molecular complexity index is 1790. The third-order valence-corrected chi connectivity index (χ3v) is 14.2. The fourth-order valence-electron chi connectivity index (χ4n) is 6.62. The lowest BCUT2D eigenvalue weighted by Crippen LogP contribution is -2.55. The molecule has 1 aromatic carbocycles. The Labute approximate surface area is 350 Å². The van der Waals surface area contributed by atoms with E-state index in [4.69, 9.17) is 46.9 Å². The van der Waals surface area contributed by atoms with Crippen LogP contribution in [0.25, 0.3) is 0 Å². The summed E-state index contributed by atoms with van der Waals surface area (Å²) in [5.41, 5.74) is 1.05. The number of hydrogen-bond acceptors (Lipinski definition) is 22. The Morgan fingerprint density at radius 1 is 0.900 bits per heavy atom. The molecule has 0 bridgehead atoms. The van der Waals surface area contributed by atoms with E-state index in [0.29, 0.717) is 17.6 Å². The number of hydrogen-bond donors (Lipinski definition) is 0. The molecule has 4 unspecified atom stereocenters. The first-order valence-corrected chi connectivity index (χ1v) is 22.5. The highest BCUT2D eigenvalue weighted by Crippen LogP contribution is 2.36. The third kappa shape index (κ3) is 14.7. The quantitative estimate of drug-likeness (QED) is 0.0582. The minimum absolute atomic E-state index is 0.0209. The number of carbonyl (C=O) groups excluding carboxylic acids is 5. The van der Waals surface area contributed by atoms with Gasteiger partial charge in [-0.2, -0.15) is 18.0 Å². The van der Waals surface area contributed by atoms with E-state index in [2.05, 4.69) is 31.7 Å². The maximum atomic E-state index is 12.0. The average Bonchev–Trinajstić information content (AvgIpc) is 3.52. The number of esters is 3. The van der Waals surface area contributed by atoms with Gasteiger partial charge in [-0.25, -0.2) is 16.8 Å². The van der Waals surface area contributed by atoms with Gasteiger partial charge in [0, 0.05) is 5.92 Å². The molecule has 1 aromatic rings. The van der Waals surface area contributed by atoms with E-state index in [0.717, 1.165) is 37.7 Å². The van der Waals surface area contributed by atoms with Crippen molar-refractivity contribution in [3.8, 4) is 5.75 Å². The zero-order valence-corrected chi connectivity index (χ0v) is 36.3. The first-order chi connectivity index (χ1) is 28.3. The number of carbonyl (C=O) groups is 3. The van der Waals surface area contributed by atoms with Crippen LogP contribution >= 0.6 is 0 Å². The van der Waals surface area contributed by atoms with Crippen LogP contribution in [0.1, 0.15) is 32.8 Å². The minimum Gasteiger partial charge on any atom is -0.726 e. The maximum absolute atomic E-state index is 12.0. The van der Waals surface area contributed by atoms with E-state index in [1.807, 2.05) is 24.3 Å². The molecule has 0 aromatic heterocycles. The zero-order valence-electron chi connectivity index (χ0n) is 33.8. The van der Waals surface area contributed by atoms with E-state index >= 15 is 0 Å². The lowest BCUT2D eigenvalue weighted by molar-refractivity contribution is -0.276. The normalized spacial score (nSPS) is 30.1. The van der Waals surface area contributed by atoms with Crippen molar-refractivity contribution < 1.29 is 101 Å². The summed E-state index contributed by atoms with van der Waals surface area (Å²) in [5, 5.41) is 0.332. The Morgan fingerprint density at radius 2 is 1.50 bits per heavy atom. The molecular formula is C35H50O22S3. The van der Waals surface area contributed by atoms with Crippen LogP contribution in [0.3, 0.4) is 0 Å². The number of benzene rings is 1. The molecule has 4 aliphatic heterocycles. The highest BCUT2D eigenvalue weighted by atomic mass is 32.3. The number of rotatable bonds is 14. The predicted octanol–water partition coefficient (Wildman–Crippen LogP) is -0.210. The van der Waals surface area contributed by atoms with Gasteiger partial charge in [0.15, 0.2) is 12.6 Å². The molecule has 0 aliphatic carbocycles. The third-order valence-electron chi connectivity index (χ3n) is 9.70. The average molecular weight is 919 g/mol. The highest BCUT2D eigenvalue weighted by Gasteiger charge is 2.52. The standard InChI is InChI=1S/C24H36O10S2.C10H14O10S.CO2/c1-6-22-15(2)20(31-11-17-7-9-18(29-4)10-8-17)13-35(22)14-21-19(34-36(26,27)28)12-32-24(33-21)16(3)23(25)30-5;1-15-8(11)7(9(12)16-2)10-17-3-6-5(19-10)4-18-21(13,14)20-6;2-1-3/h7-10,15-16,19-22,24H,6,11-14H2,1-5H3;5-7,10H,3-4H2,1-2H3;/t15-,16?,19-,20+,21+,22+,24?,35?;5-,6+,10?;/m01./s1. The van der Waals surface area contributed by atoms with E-state index < -0.39 is 87.5 Å². The topological polar surface area (TPSA) is 287 Å². The largest absolute Gasteiger partial charge is 0.726 e. The molecule has 4 aliphatic rings. The van der Waals surface area contributed by atoms with Crippen LogP contribution in [0.4, 0.5) is 0 Å². The molecule has 22 nitrogen and oxygen atoms in total. The second-order valence-corrected chi connectivity index (χ2v) is 18.0. The van der Waals surface area contributed by atoms with Crippen molar-refractivity contribution >= 4 is 55.8 Å². The van der Waals surface area contributed by atoms with Gasteiger partial charge in [-0.3, -0.25) is 18.6 Å². The molecule has 0 radical (unpaired) electrons. The first kappa shape index (κ1) is 51.1. The summed E-state index contributed by atoms with van der Waals surface area (Å²) in [6.07, 6.45) is -4.55. The van der Waals surface area contributed by atoms with Crippen molar-refractivity contribution in [1.82, 2.24) is 0 Å². The van der Waals surface area contributed by atoms with Gasteiger partial charge in [-0.15, -0.1) is 0 Å². The zero-order chi connectivity index (χ0) is 44.8. The van der Waals surface area contributed by atoms with Gasteiger partial charge >= 0.3 is 34.5 Å². The predicted molar refractivity (Wildman–Crippen MR) is 199 cm³/mol. The highest BCUT2D eigenvalue weighted by molar-refractivity contribution is 7.97. The molecule has 340 valence electrons. The summed E-state index contributed by atoms with van der Waals surface area (Å²) < 4.78 is 118. The molecule has 5 rings (SSSR count). The van der Waals surface area contributed by atoms with Crippen LogP contribution in [0, 0.1) is 17.8 Å². The molecule has 0 N–H and O–H groups in total. The summed E-state index contributed by atoms with van der Waals surface area (Å²) in [7, 11) is -4.14. The van der Waals surface area contributed by atoms with Gasteiger partial charge in [0.2, 0.25) is 16.3 Å². The second-order valence-electron chi connectivity index (χ2n) is 13.4. The number of methoxy groups -OCH3 is 4. The van der Waals surface area contributed by atoms with E-state index in [1.165, 1.54) is 7.11 Å². The second kappa shape index (κ2) is 23.8. The van der Waals surface area contributed by atoms with E-state index in [9.17, 15) is 35.8 Å². The Balaban J connectivity index is 0.000000338. The Morgan fingerprint density at radius 3 is 2.05 bits per heavy atom. The summed E-state index contributed by atoms with van der Waals surface area (Å²) >= 11 is 0. The molecule has 4 fully saturated rings. The van der Waals surface area contributed by atoms with Crippen LogP contribution < -0.4 is 4.74 Å². The molecule has 0 spiro atoms. The summed E-state index contributed by atoms with van der Waals surface area (Å²) in [4.78, 5) is 51.5. The van der Waals surface area contributed by atoms with Crippen molar-refractivity contribution in [2.45, 2.75) is 82.1 Å². The molecule has 60 heavy (non-hydrogen) atoms. The summed E-state index contributed by atoms with van der Waals surface area (Å²) in [5.74, 6) is -2.15. The van der Waals surface area contributed by atoms with Crippen molar-refractivity contribution in [3.63, 3.8) is 0 Å². The molecule has 4 heterocycles. The minimum atomic E-state index is -4.97. The van der Waals surface area contributed by atoms with Crippen molar-refractivity contribution in [1.29, 1.82) is 0 Å². The van der Waals surface area contributed by atoms with Crippen molar-refractivity contribution in [2.24, 2.45) is 17.8 Å². The lowest BCUT2D eigenvalue weighted by atomic mass is 10.0. The van der Waals surface area contributed by atoms with Crippen LogP contribution in [0.2, 0.25) is 0 Å². The van der Waals surface area contributed by atoms with Crippen molar-refractivity contribution in [2.75, 3.05) is 59.8 Å². The summed E-state index contributed by atoms with van der Waals surface area (Å²) in [6.45, 7) is 5.69. The van der Waals surface area contributed by atoms with Crippen LogP contribution in [-0.2, 0) is 113 Å². The molecule has 25 heteroatoms. The van der Waals surface area contributed by atoms with E-state index in [1.54, 1.807) is 14.0 Å². The lowest BCUT2D eigenvalue weighted by Gasteiger charge is -2.39. The fraction of sp³-hybridized carbons (Fsp3) is 0.714. The molecule has 0 saturated carbocycles. The number of ether oxygens (including phenoxy) is 9. The molecule has 4 saturated heterocycles. The smallest absolute Gasteiger partial charge is 0.400 e. The van der Waals surface area contributed by atoms with Crippen LogP contribution in [0.5, 0.6) is 5.75 Å². The van der Waals surface area contributed by atoms with Crippen LogP contribution in [0.15, 0.2) is 24.3 Å². The number of fused-ring (bicyclic) bond motifs is 1. The van der Waals surface area contributed by atoms with Gasteiger partial charge < -0.3 is 47.2 Å². The van der Waals surface area contributed by atoms with E-state index in [-0.39, 0.29) is 48.9 Å². The Kier molecular flexibility index (Phi) is 20.2. The maximum Gasteiger partial charge on any atom is 0.400 e. The first-order valence-electron chi connectivity index (χ1n) is 18.2. The SMILES string of the molecule is CC[C@@H]1[C@@H](C)[C@H](OCc2ccc(OC)cc2)C[S+]1C[C@H]1OC(C(C)C(=O)OC)OC[C@@H]1OS(=O)(=O)[O-].COC(=O)C(C(=O)OC)C1OC[C@@H]2OS(=O)(=O)OC[C@H]2O1.O=C=O.